The number of sulfone groups is 1. The van der Waals surface area contributed by atoms with E-state index in [0.717, 1.165) is 12.5 Å². The zero-order chi connectivity index (χ0) is 25.9. The number of nitrogens with one attached hydrogen (secondary N) is 2. The Hall–Kier alpha value is -4.00. The van der Waals surface area contributed by atoms with Gasteiger partial charge in [0, 0.05) is 35.3 Å². The van der Waals surface area contributed by atoms with Gasteiger partial charge in [-0.2, -0.15) is 4.98 Å². The topological polar surface area (TPSA) is 130 Å². The van der Waals surface area contributed by atoms with Gasteiger partial charge in [-0.3, -0.25) is 0 Å². The van der Waals surface area contributed by atoms with Gasteiger partial charge in [0.05, 0.1) is 33.3 Å². The van der Waals surface area contributed by atoms with E-state index in [4.69, 9.17) is 23.7 Å². The molecule has 3 aromatic rings. The molecule has 0 fully saturated rings. The van der Waals surface area contributed by atoms with Crippen molar-refractivity contribution in [3.63, 3.8) is 0 Å². The van der Waals surface area contributed by atoms with Crippen LogP contribution in [0.15, 0.2) is 30.5 Å². The number of nitrogens with zero attached hydrogens (tertiary/aromatic N) is 2. The monoisotopic (exact) mass is 520 g/mol. The van der Waals surface area contributed by atoms with E-state index in [-0.39, 0.29) is 24.1 Å². The average Bonchev–Trinajstić information content (AvgIpc) is 2.86. The maximum absolute atomic E-state index is 14.7. The summed E-state index contributed by atoms with van der Waals surface area (Å²) >= 11 is 0. The Kier molecular flexibility index (Phi) is 7.20. The Morgan fingerprint density at radius 3 is 2.36 bits per heavy atom. The molecule has 2 heterocycles. The molecule has 2 aromatic carbocycles. The molecule has 0 unspecified atom stereocenters. The fourth-order valence-corrected chi connectivity index (χ4v) is 4.43. The number of fused-ring (bicyclic) bond motifs is 1. The molecule has 11 nitrogen and oxygen atoms in total. The van der Waals surface area contributed by atoms with Gasteiger partial charge in [-0.05, 0) is 12.1 Å². The molecule has 0 saturated carbocycles. The van der Waals surface area contributed by atoms with E-state index in [9.17, 15) is 12.8 Å². The quantitative estimate of drug-likeness (QED) is 0.430. The van der Waals surface area contributed by atoms with Gasteiger partial charge in [-0.25, -0.2) is 17.8 Å². The van der Waals surface area contributed by atoms with Crippen LogP contribution in [0.25, 0.3) is 0 Å². The molecule has 2 N–H and O–H groups in total. The van der Waals surface area contributed by atoms with E-state index in [2.05, 4.69) is 20.6 Å². The second kappa shape index (κ2) is 10.3. The molecule has 0 aliphatic carbocycles. The molecule has 0 spiro atoms. The van der Waals surface area contributed by atoms with Gasteiger partial charge in [0.25, 0.3) is 0 Å². The van der Waals surface area contributed by atoms with Crippen molar-refractivity contribution in [1.82, 2.24) is 9.97 Å². The highest BCUT2D eigenvalue weighted by molar-refractivity contribution is 7.89. The lowest BCUT2D eigenvalue weighted by atomic mass is 10.1. The number of hydrogen-bond acceptors (Lipinski definition) is 11. The third-order valence-electron chi connectivity index (χ3n) is 5.14. The van der Waals surface area contributed by atoms with E-state index < -0.39 is 15.7 Å². The summed E-state index contributed by atoms with van der Waals surface area (Å²) in [6, 6.07) is 6.50. The lowest BCUT2D eigenvalue weighted by molar-refractivity contribution is 0.170. The number of halogens is 1. The molecular formula is C23H25FN4O7S. The maximum atomic E-state index is 14.7. The van der Waals surface area contributed by atoms with Crippen LogP contribution in [0.2, 0.25) is 0 Å². The van der Waals surface area contributed by atoms with Gasteiger partial charge in [-0.15, -0.1) is 0 Å². The summed E-state index contributed by atoms with van der Waals surface area (Å²) in [4.78, 5) is 8.21. The van der Waals surface area contributed by atoms with Crippen molar-refractivity contribution in [2.75, 3.05) is 51.4 Å². The Labute approximate surface area is 207 Å². The van der Waals surface area contributed by atoms with Gasteiger partial charge < -0.3 is 34.3 Å². The van der Waals surface area contributed by atoms with E-state index in [1.165, 1.54) is 21.3 Å². The van der Waals surface area contributed by atoms with Crippen molar-refractivity contribution in [3.05, 3.63) is 41.8 Å². The maximum Gasteiger partial charge on any atom is 0.229 e. The molecule has 4 rings (SSSR count). The zero-order valence-corrected chi connectivity index (χ0v) is 20.9. The third-order valence-corrected chi connectivity index (χ3v) is 5.95. The molecule has 13 heteroatoms. The first-order chi connectivity index (χ1) is 17.2. The summed E-state index contributed by atoms with van der Waals surface area (Å²) in [6.45, 7) is 0.604. The Balaban J connectivity index is 1.68. The van der Waals surface area contributed by atoms with E-state index in [1.807, 2.05) is 0 Å². The van der Waals surface area contributed by atoms with Crippen molar-refractivity contribution >= 4 is 33.0 Å². The number of hydrogen-bond donors (Lipinski definition) is 2. The summed E-state index contributed by atoms with van der Waals surface area (Å²) in [5.41, 5.74) is 1.12. The number of anilines is 4. The number of rotatable bonds is 9. The molecule has 1 aliphatic rings. The largest absolute Gasteiger partial charge is 0.493 e. The minimum atomic E-state index is -3.45. The normalized spacial score (nSPS) is 12.6. The van der Waals surface area contributed by atoms with E-state index in [1.54, 1.807) is 24.3 Å². The van der Waals surface area contributed by atoms with Crippen LogP contribution in [0.3, 0.4) is 0 Å². The summed E-state index contributed by atoms with van der Waals surface area (Å²) in [5, 5.41) is 5.84. The highest BCUT2D eigenvalue weighted by atomic mass is 32.2. The van der Waals surface area contributed by atoms with Gasteiger partial charge in [0.15, 0.2) is 44.5 Å². The second-order valence-electron chi connectivity index (χ2n) is 7.74. The van der Waals surface area contributed by atoms with Gasteiger partial charge in [0.1, 0.15) is 13.2 Å². The minimum absolute atomic E-state index is 0.0652. The number of benzene rings is 2. The number of ether oxygens (including phenoxy) is 5. The highest BCUT2D eigenvalue weighted by Gasteiger charge is 2.23. The lowest BCUT2D eigenvalue weighted by Gasteiger charge is -2.23. The average molecular weight is 521 g/mol. The molecule has 192 valence electrons. The number of aromatic nitrogens is 2. The van der Waals surface area contributed by atoms with Gasteiger partial charge in [0.2, 0.25) is 11.7 Å². The predicted octanol–water partition coefficient (Wildman–Crippen LogP) is 3.44. The van der Waals surface area contributed by atoms with Crippen LogP contribution in [0.5, 0.6) is 28.7 Å². The van der Waals surface area contributed by atoms with Crippen LogP contribution in [0.4, 0.5) is 27.5 Å². The fourth-order valence-electron chi connectivity index (χ4n) is 3.62. The summed E-state index contributed by atoms with van der Waals surface area (Å²) in [7, 11) is 1.01. The van der Waals surface area contributed by atoms with Crippen LogP contribution >= 0.6 is 0 Å². The third kappa shape index (κ3) is 5.46. The van der Waals surface area contributed by atoms with Crippen LogP contribution in [-0.2, 0) is 15.6 Å². The Morgan fingerprint density at radius 2 is 1.72 bits per heavy atom. The van der Waals surface area contributed by atoms with Crippen LogP contribution in [0.1, 0.15) is 5.56 Å². The number of methoxy groups -OCH3 is 3. The van der Waals surface area contributed by atoms with E-state index >= 15 is 0 Å². The summed E-state index contributed by atoms with van der Waals surface area (Å²) in [6.07, 6.45) is 2.09. The van der Waals surface area contributed by atoms with Crippen LogP contribution in [0, 0.1) is 5.82 Å². The fraction of sp³-hybridized carbons (Fsp3) is 0.304. The molecule has 0 radical (unpaired) electrons. The van der Waals surface area contributed by atoms with Crippen molar-refractivity contribution in [3.8, 4) is 28.7 Å². The van der Waals surface area contributed by atoms with Gasteiger partial charge >= 0.3 is 0 Å². The Morgan fingerprint density at radius 1 is 1.03 bits per heavy atom. The van der Waals surface area contributed by atoms with Gasteiger partial charge in [-0.1, -0.05) is 0 Å². The molecule has 36 heavy (non-hydrogen) atoms. The predicted molar refractivity (Wildman–Crippen MR) is 131 cm³/mol. The smallest absolute Gasteiger partial charge is 0.229 e. The second-order valence-corrected chi connectivity index (χ2v) is 9.88. The molecule has 1 aromatic heterocycles. The van der Waals surface area contributed by atoms with E-state index in [0.29, 0.717) is 52.3 Å². The molecule has 0 amide bonds. The molecule has 0 atom stereocenters. The minimum Gasteiger partial charge on any atom is -0.493 e. The first-order valence-electron chi connectivity index (χ1n) is 10.7. The first kappa shape index (κ1) is 25.1. The van der Waals surface area contributed by atoms with Crippen molar-refractivity contribution in [2.24, 2.45) is 0 Å². The van der Waals surface area contributed by atoms with Crippen molar-refractivity contribution < 1.29 is 36.5 Å². The molecular weight excluding hydrogens is 495 g/mol. The molecule has 1 aliphatic heterocycles. The molecule has 0 saturated heterocycles. The first-order valence-corrected chi connectivity index (χ1v) is 12.7. The summed E-state index contributed by atoms with van der Waals surface area (Å²) < 4.78 is 66.1. The van der Waals surface area contributed by atoms with Crippen LogP contribution in [-0.4, -0.2) is 59.2 Å². The zero-order valence-electron chi connectivity index (χ0n) is 20.0. The van der Waals surface area contributed by atoms with Crippen molar-refractivity contribution in [1.29, 1.82) is 0 Å². The van der Waals surface area contributed by atoms with Crippen LogP contribution < -0.4 is 34.3 Å². The lowest BCUT2D eigenvalue weighted by Crippen LogP contribution is -2.18. The SMILES string of the molecule is COc1cc(Nc2ncc(F)c(Nc3ccc4c(c3CS(C)(=O)=O)OCCO4)n2)cc(OC)c1OC. The standard InChI is InChI=1S/C23H25FN4O7S/c1-31-18-9-13(10-19(32-2)21(18)33-3)26-23-25-11-15(24)22(28-23)27-16-5-6-17-20(35-8-7-34-17)14(16)12-36(4,29)30/h5-6,9-11H,7-8,12H2,1-4H3,(H2,25,26,27,28). The highest BCUT2D eigenvalue weighted by Crippen LogP contribution is 2.42. The molecule has 0 bridgehead atoms. The Bertz CT molecular complexity index is 1360. The van der Waals surface area contributed by atoms with Crippen molar-refractivity contribution in [2.45, 2.75) is 5.75 Å². The summed E-state index contributed by atoms with van der Waals surface area (Å²) in [5.74, 6) is 0.728.